The molecule has 120 valence electrons. The summed E-state index contributed by atoms with van der Waals surface area (Å²) >= 11 is 0. The first kappa shape index (κ1) is 14.8. The van der Waals surface area contributed by atoms with Gasteiger partial charge < -0.3 is 0 Å². The van der Waals surface area contributed by atoms with Crippen LogP contribution in [0, 0.1) is 11.6 Å². The van der Waals surface area contributed by atoms with Crippen LogP contribution < -0.4 is 0 Å². The number of halogens is 2. The first-order valence-electron chi connectivity index (χ1n) is 7.61. The Balaban J connectivity index is 1.97. The summed E-state index contributed by atoms with van der Waals surface area (Å²) in [5, 5.41) is 8.26. The van der Waals surface area contributed by atoms with Crippen LogP contribution in [0.5, 0.6) is 0 Å². The smallest absolute Gasteiger partial charge is 0.201 e. The van der Waals surface area contributed by atoms with Crippen LogP contribution in [0.25, 0.3) is 11.0 Å². The van der Waals surface area contributed by atoms with Gasteiger partial charge in [-0.1, -0.05) is 12.1 Å². The average Bonchev–Trinajstić information content (AvgIpc) is 2.54. The number of aliphatic imine (C=N–C) groups is 1. The Morgan fingerprint density at radius 3 is 2.54 bits per heavy atom. The van der Waals surface area contributed by atoms with E-state index in [-0.39, 0.29) is 5.82 Å². The van der Waals surface area contributed by atoms with Crippen LogP contribution in [-0.2, 0) is 6.42 Å². The van der Waals surface area contributed by atoms with Gasteiger partial charge in [-0.25, -0.2) is 13.8 Å². The minimum Gasteiger partial charge on any atom is -0.274 e. The third-order valence-electron chi connectivity index (χ3n) is 4.01. The van der Waals surface area contributed by atoms with E-state index >= 15 is 0 Å². The quantitative estimate of drug-likeness (QED) is 0.688. The molecule has 0 atom stereocenters. The van der Waals surface area contributed by atoms with E-state index in [2.05, 4.69) is 20.2 Å². The van der Waals surface area contributed by atoms with Crippen molar-refractivity contribution in [1.82, 2.24) is 15.2 Å². The van der Waals surface area contributed by atoms with Crippen molar-refractivity contribution in [2.45, 2.75) is 25.8 Å². The molecule has 1 aliphatic rings. The third-order valence-corrected chi connectivity index (χ3v) is 4.01. The summed E-state index contributed by atoms with van der Waals surface area (Å²) in [5.41, 5.74) is 1.98. The van der Waals surface area contributed by atoms with E-state index in [0.29, 0.717) is 34.3 Å². The molecule has 2 heterocycles. The first-order valence-corrected chi connectivity index (χ1v) is 7.61. The fourth-order valence-electron chi connectivity index (χ4n) is 2.98. The lowest BCUT2D eigenvalue weighted by Gasteiger charge is -2.28. The minimum atomic E-state index is -0.646. The molecular formula is C18H14F2N4. The summed E-state index contributed by atoms with van der Waals surface area (Å²) in [7, 11) is 0. The molecule has 1 aliphatic heterocycles. The van der Waals surface area contributed by atoms with Gasteiger partial charge in [-0.3, -0.25) is 4.99 Å². The SMILES string of the molecule is CC1(C)Cc2c(F)cc(F)cc2C(c2nnc3ccccc3n2)=N1. The average molecular weight is 324 g/mol. The summed E-state index contributed by atoms with van der Waals surface area (Å²) in [4.78, 5) is 9.11. The zero-order valence-corrected chi connectivity index (χ0v) is 13.2. The van der Waals surface area contributed by atoms with E-state index in [4.69, 9.17) is 0 Å². The molecular weight excluding hydrogens is 310 g/mol. The molecule has 3 aromatic rings. The molecule has 4 rings (SSSR count). The van der Waals surface area contributed by atoms with Gasteiger partial charge >= 0.3 is 0 Å². The number of para-hydroxylation sites is 1. The number of rotatable bonds is 1. The van der Waals surface area contributed by atoms with E-state index in [1.54, 1.807) is 6.07 Å². The molecule has 0 amide bonds. The van der Waals surface area contributed by atoms with Crippen molar-refractivity contribution >= 4 is 16.7 Å². The molecule has 0 saturated carbocycles. The molecule has 0 radical (unpaired) electrons. The van der Waals surface area contributed by atoms with Gasteiger partial charge in [0.25, 0.3) is 0 Å². The highest BCUT2D eigenvalue weighted by Gasteiger charge is 2.31. The maximum atomic E-state index is 14.3. The van der Waals surface area contributed by atoms with Crippen LogP contribution in [0.4, 0.5) is 8.78 Å². The highest BCUT2D eigenvalue weighted by Crippen LogP contribution is 2.31. The summed E-state index contributed by atoms with van der Waals surface area (Å²) in [6.45, 7) is 3.79. The second kappa shape index (κ2) is 5.12. The van der Waals surface area contributed by atoms with Crippen molar-refractivity contribution in [3.63, 3.8) is 0 Å². The van der Waals surface area contributed by atoms with Crippen molar-refractivity contribution in [1.29, 1.82) is 0 Å². The Morgan fingerprint density at radius 2 is 1.75 bits per heavy atom. The van der Waals surface area contributed by atoms with Gasteiger partial charge in [-0.05, 0) is 37.6 Å². The minimum absolute atomic E-state index is 0.271. The van der Waals surface area contributed by atoms with E-state index < -0.39 is 17.2 Å². The standard InChI is InChI=1S/C18H14F2N4/c1-18(2)9-12-11(7-10(19)8-13(12)20)16(22-18)17-21-14-5-3-4-6-15(14)23-24-17/h3-8H,9H2,1-2H3. The molecule has 0 N–H and O–H groups in total. The lowest BCUT2D eigenvalue weighted by Crippen LogP contribution is -2.31. The molecule has 4 nitrogen and oxygen atoms in total. The van der Waals surface area contributed by atoms with Gasteiger partial charge in [-0.2, -0.15) is 0 Å². The van der Waals surface area contributed by atoms with Crippen molar-refractivity contribution < 1.29 is 8.78 Å². The van der Waals surface area contributed by atoms with Crippen LogP contribution >= 0.6 is 0 Å². The van der Waals surface area contributed by atoms with Gasteiger partial charge in [0.1, 0.15) is 22.9 Å². The van der Waals surface area contributed by atoms with Gasteiger partial charge in [0.05, 0.1) is 11.1 Å². The van der Waals surface area contributed by atoms with Crippen molar-refractivity contribution in [2.75, 3.05) is 0 Å². The zero-order valence-electron chi connectivity index (χ0n) is 13.2. The van der Waals surface area contributed by atoms with Crippen LogP contribution in [0.1, 0.15) is 30.8 Å². The predicted octanol–water partition coefficient (Wildman–Crippen LogP) is 3.48. The highest BCUT2D eigenvalue weighted by molar-refractivity contribution is 6.12. The topological polar surface area (TPSA) is 51.0 Å². The Labute approximate surface area is 137 Å². The fourth-order valence-corrected chi connectivity index (χ4v) is 2.98. The molecule has 0 fully saturated rings. The van der Waals surface area contributed by atoms with Crippen LogP contribution in [0.15, 0.2) is 41.4 Å². The van der Waals surface area contributed by atoms with Gasteiger partial charge in [-0.15, -0.1) is 10.2 Å². The number of benzene rings is 2. The monoisotopic (exact) mass is 324 g/mol. The number of hydrogen-bond acceptors (Lipinski definition) is 4. The van der Waals surface area contributed by atoms with Gasteiger partial charge in [0, 0.05) is 18.1 Å². The number of nitrogens with zero attached hydrogens (tertiary/aromatic N) is 4. The third kappa shape index (κ3) is 2.44. The fraction of sp³-hybridized carbons (Fsp3) is 0.222. The summed E-state index contributed by atoms with van der Waals surface area (Å²) < 4.78 is 28.0. The zero-order chi connectivity index (χ0) is 16.9. The maximum Gasteiger partial charge on any atom is 0.201 e. The Hall–Kier alpha value is -2.76. The second-order valence-corrected chi connectivity index (χ2v) is 6.49. The molecule has 0 unspecified atom stereocenters. The van der Waals surface area contributed by atoms with Gasteiger partial charge in [0.2, 0.25) is 5.82 Å². The molecule has 1 aromatic heterocycles. The van der Waals surface area contributed by atoms with Crippen LogP contribution in [-0.4, -0.2) is 26.4 Å². The van der Waals surface area contributed by atoms with Crippen molar-refractivity contribution in [2.24, 2.45) is 4.99 Å². The molecule has 0 bridgehead atoms. The van der Waals surface area contributed by atoms with E-state index in [0.717, 1.165) is 6.07 Å². The summed E-state index contributed by atoms with van der Waals surface area (Å²) in [6, 6.07) is 9.50. The maximum absolute atomic E-state index is 14.3. The van der Waals surface area contributed by atoms with Crippen molar-refractivity contribution in [3.05, 3.63) is 65.0 Å². The Kier molecular flexibility index (Phi) is 3.16. The summed E-state index contributed by atoms with van der Waals surface area (Å²) in [5.74, 6) is -0.945. The Bertz CT molecular complexity index is 995. The number of hydrogen-bond donors (Lipinski definition) is 0. The Morgan fingerprint density at radius 1 is 1.00 bits per heavy atom. The van der Waals surface area contributed by atoms with Gasteiger partial charge in [0.15, 0.2) is 0 Å². The molecule has 0 aliphatic carbocycles. The number of aromatic nitrogens is 3. The molecule has 24 heavy (non-hydrogen) atoms. The lowest BCUT2D eigenvalue weighted by atomic mass is 9.86. The lowest BCUT2D eigenvalue weighted by molar-refractivity contribution is 0.487. The van der Waals surface area contributed by atoms with E-state index in [1.165, 1.54) is 6.07 Å². The normalized spacial score (nSPS) is 15.9. The summed E-state index contributed by atoms with van der Waals surface area (Å²) in [6.07, 6.45) is 0.388. The molecule has 0 saturated heterocycles. The highest BCUT2D eigenvalue weighted by atomic mass is 19.1. The second-order valence-electron chi connectivity index (χ2n) is 6.49. The van der Waals surface area contributed by atoms with Crippen molar-refractivity contribution in [3.8, 4) is 0 Å². The van der Waals surface area contributed by atoms with E-state index in [1.807, 2.05) is 32.0 Å². The van der Waals surface area contributed by atoms with E-state index in [9.17, 15) is 8.78 Å². The van der Waals surface area contributed by atoms with Crippen LogP contribution in [0.3, 0.4) is 0 Å². The predicted molar refractivity (Wildman–Crippen MR) is 87.1 cm³/mol. The number of fused-ring (bicyclic) bond motifs is 2. The first-order chi connectivity index (χ1) is 11.4. The largest absolute Gasteiger partial charge is 0.274 e. The van der Waals surface area contributed by atoms with Crippen LogP contribution in [0.2, 0.25) is 0 Å². The molecule has 2 aromatic carbocycles. The molecule has 6 heteroatoms. The molecule has 0 spiro atoms.